The van der Waals surface area contributed by atoms with Crippen LogP contribution < -0.4 is 10.1 Å². The van der Waals surface area contributed by atoms with E-state index in [1.807, 2.05) is 68.7 Å². The van der Waals surface area contributed by atoms with Crippen LogP contribution in [0.4, 0.5) is 0 Å². The van der Waals surface area contributed by atoms with Crippen LogP contribution >= 0.6 is 0 Å². The van der Waals surface area contributed by atoms with Crippen molar-refractivity contribution in [3.05, 3.63) is 90.0 Å². The number of nitrogens with one attached hydrogen (secondary N) is 1. The van der Waals surface area contributed by atoms with Gasteiger partial charge in [0.25, 0.3) is 0 Å². The average molecular weight is 389 g/mol. The first-order valence-corrected chi connectivity index (χ1v) is 9.88. The zero-order chi connectivity index (χ0) is 20.5. The third-order valence-electron chi connectivity index (χ3n) is 4.62. The van der Waals surface area contributed by atoms with Crippen molar-refractivity contribution in [3.63, 3.8) is 0 Å². The average Bonchev–Trinajstić information content (AvgIpc) is 2.73. The molecule has 29 heavy (non-hydrogen) atoms. The molecule has 1 amide bonds. The number of likely N-dealkylation sites (N-methyl/N-ethyl adjacent to an activating group) is 1. The molecule has 0 saturated heterocycles. The first kappa shape index (κ1) is 20.6. The van der Waals surface area contributed by atoms with Gasteiger partial charge in [-0.05, 0) is 48.5 Å². The quantitative estimate of drug-likeness (QED) is 0.599. The van der Waals surface area contributed by atoms with Crippen molar-refractivity contribution in [2.24, 2.45) is 0 Å². The van der Waals surface area contributed by atoms with Crippen LogP contribution in [0.25, 0.3) is 11.1 Å². The van der Waals surface area contributed by atoms with E-state index >= 15 is 0 Å². The predicted octanol–water partition coefficient (Wildman–Crippen LogP) is 4.15. The van der Waals surface area contributed by atoms with E-state index in [1.165, 1.54) is 5.56 Å². The Morgan fingerprint density at radius 2 is 1.59 bits per heavy atom. The fourth-order valence-electron chi connectivity index (χ4n) is 2.99. The smallest absolute Gasteiger partial charge is 0.224 e. The summed E-state index contributed by atoms with van der Waals surface area (Å²) in [4.78, 5) is 14.4. The highest BCUT2D eigenvalue weighted by atomic mass is 16.5. The molecule has 150 valence electrons. The number of hydrogen-bond acceptors (Lipinski definition) is 3. The molecule has 0 aliphatic carbocycles. The molecule has 1 N–H and O–H groups in total. The molecule has 0 heterocycles. The van der Waals surface area contributed by atoms with Crippen LogP contribution in [0.2, 0.25) is 0 Å². The van der Waals surface area contributed by atoms with Crippen LogP contribution in [0, 0.1) is 0 Å². The van der Waals surface area contributed by atoms with E-state index in [0.717, 1.165) is 29.0 Å². The van der Waals surface area contributed by atoms with Crippen molar-refractivity contribution in [1.82, 2.24) is 10.2 Å². The van der Waals surface area contributed by atoms with Gasteiger partial charge in [0, 0.05) is 13.1 Å². The van der Waals surface area contributed by atoms with Gasteiger partial charge < -0.3 is 15.0 Å². The summed E-state index contributed by atoms with van der Waals surface area (Å²) in [6.07, 6.45) is 0.369. The van der Waals surface area contributed by atoms with Gasteiger partial charge in [-0.2, -0.15) is 0 Å². The predicted molar refractivity (Wildman–Crippen MR) is 118 cm³/mol. The Kier molecular flexibility index (Phi) is 7.42. The van der Waals surface area contributed by atoms with Crippen molar-refractivity contribution >= 4 is 5.91 Å². The number of hydrogen-bond donors (Lipinski definition) is 1. The maximum absolute atomic E-state index is 12.3. The lowest BCUT2D eigenvalue weighted by Crippen LogP contribution is -2.24. The molecule has 3 aromatic rings. The van der Waals surface area contributed by atoms with Gasteiger partial charge in [0.1, 0.15) is 12.4 Å². The molecule has 3 rings (SSSR count). The van der Waals surface area contributed by atoms with E-state index in [0.29, 0.717) is 19.6 Å². The molecule has 4 heteroatoms. The number of carbonyl (C=O) groups excluding carboxylic acids is 1. The number of benzene rings is 3. The second kappa shape index (κ2) is 10.4. The molecule has 3 aromatic carbocycles. The Hall–Kier alpha value is -3.11. The Labute approximate surface area is 173 Å². The first-order chi connectivity index (χ1) is 14.1. The van der Waals surface area contributed by atoms with E-state index in [2.05, 4.69) is 34.5 Å². The molecule has 0 spiro atoms. The normalized spacial score (nSPS) is 10.7. The van der Waals surface area contributed by atoms with Crippen molar-refractivity contribution in [3.8, 4) is 16.9 Å². The molecule has 0 radical (unpaired) electrons. The highest BCUT2D eigenvalue weighted by Gasteiger charge is 2.05. The topological polar surface area (TPSA) is 41.6 Å². The van der Waals surface area contributed by atoms with Crippen molar-refractivity contribution in [2.75, 3.05) is 27.2 Å². The second-order valence-corrected chi connectivity index (χ2v) is 7.32. The summed E-state index contributed by atoms with van der Waals surface area (Å²) in [7, 11) is 4.04. The van der Waals surface area contributed by atoms with Crippen LogP contribution in [0.1, 0.15) is 11.1 Å². The van der Waals surface area contributed by atoms with Gasteiger partial charge >= 0.3 is 0 Å². The molecular formula is C25H28N2O2. The van der Waals surface area contributed by atoms with Gasteiger partial charge in [-0.15, -0.1) is 0 Å². The maximum atomic E-state index is 12.3. The van der Waals surface area contributed by atoms with E-state index in [1.54, 1.807) is 0 Å². The molecule has 0 aromatic heterocycles. The van der Waals surface area contributed by atoms with Crippen LogP contribution in [-0.2, 0) is 17.8 Å². The Balaban J connectivity index is 1.48. The van der Waals surface area contributed by atoms with E-state index in [-0.39, 0.29) is 5.91 Å². The third kappa shape index (κ3) is 6.77. The zero-order valence-electron chi connectivity index (χ0n) is 17.1. The zero-order valence-corrected chi connectivity index (χ0v) is 17.1. The van der Waals surface area contributed by atoms with Crippen LogP contribution in [-0.4, -0.2) is 38.1 Å². The number of ether oxygens (including phenoxy) is 1. The highest BCUT2D eigenvalue weighted by Crippen LogP contribution is 2.19. The van der Waals surface area contributed by atoms with Gasteiger partial charge in [-0.25, -0.2) is 0 Å². The minimum absolute atomic E-state index is 0.0105. The number of rotatable bonds is 9. The van der Waals surface area contributed by atoms with E-state index < -0.39 is 0 Å². The van der Waals surface area contributed by atoms with Crippen molar-refractivity contribution in [2.45, 2.75) is 13.0 Å². The number of carbonyl (C=O) groups is 1. The summed E-state index contributed by atoms with van der Waals surface area (Å²) in [6, 6.07) is 26.2. The van der Waals surface area contributed by atoms with Crippen LogP contribution in [0.3, 0.4) is 0 Å². The van der Waals surface area contributed by atoms with E-state index in [4.69, 9.17) is 4.74 Å². The largest absolute Gasteiger partial charge is 0.492 e. The highest BCUT2D eigenvalue weighted by molar-refractivity contribution is 5.78. The van der Waals surface area contributed by atoms with Crippen molar-refractivity contribution in [1.29, 1.82) is 0 Å². The molecular weight excluding hydrogens is 360 g/mol. The van der Waals surface area contributed by atoms with Gasteiger partial charge in [0.15, 0.2) is 0 Å². The summed E-state index contributed by atoms with van der Waals surface area (Å²) in [6.45, 7) is 2.00. The standard InChI is InChI=1S/C25H28N2O2/c1-27(2)15-16-29-24-10-6-7-21(17-24)19-26-25(28)18-20-11-13-23(14-12-20)22-8-4-3-5-9-22/h3-14,17H,15-16,18-19H2,1-2H3,(H,26,28). The summed E-state index contributed by atoms with van der Waals surface area (Å²) < 4.78 is 5.75. The number of amides is 1. The third-order valence-corrected chi connectivity index (χ3v) is 4.62. The molecule has 0 bridgehead atoms. The van der Waals surface area contributed by atoms with Gasteiger partial charge in [0.05, 0.1) is 6.42 Å². The minimum Gasteiger partial charge on any atom is -0.492 e. The van der Waals surface area contributed by atoms with Crippen molar-refractivity contribution < 1.29 is 9.53 Å². The second-order valence-electron chi connectivity index (χ2n) is 7.32. The molecule has 0 saturated carbocycles. The SMILES string of the molecule is CN(C)CCOc1cccc(CNC(=O)Cc2ccc(-c3ccccc3)cc2)c1. The lowest BCUT2D eigenvalue weighted by Gasteiger charge is -2.12. The molecule has 0 atom stereocenters. The number of nitrogens with zero attached hydrogens (tertiary/aromatic N) is 1. The Bertz CT molecular complexity index is 906. The maximum Gasteiger partial charge on any atom is 0.224 e. The first-order valence-electron chi connectivity index (χ1n) is 9.88. The summed E-state index contributed by atoms with van der Waals surface area (Å²) >= 11 is 0. The van der Waals surface area contributed by atoms with Crippen LogP contribution in [0.5, 0.6) is 5.75 Å². The van der Waals surface area contributed by atoms with E-state index in [9.17, 15) is 4.79 Å². The Morgan fingerprint density at radius 3 is 2.31 bits per heavy atom. The molecule has 4 nitrogen and oxygen atoms in total. The fraction of sp³-hybridized carbons (Fsp3) is 0.240. The molecule has 0 aliphatic heterocycles. The minimum atomic E-state index is 0.0105. The van der Waals surface area contributed by atoms with Gasteiger partial charge in [-0.1, -0.05) is 66.7 Å². The van der Waals surface area contributed by atoms with Gasteiger partial charge in [-0.3, -0.25) is 4.79 Å². The molecule has 0 aliphatic rings. The summed E-state index contributed by atoms with van der Waals surface area (Å²) in [5.74, 6) is 0.839. The lowest BCUT2D eigenvalue weighted by molar-refractivity contribution is -0.120. The lowest BCUT2D eigenvalue weighted by atomic mass is 10.0. The molecule has 0 unspecified atom stereocenters. The fourth-order valence-corrected chi connectivity index (χ4v) is 2.99. The Morgan fingerprint density at radius 1 is 0.862 bits per heavy atom. The monoisotopic (exact) mass is 388 g/mol. The summed E-state index contributed by atoms with van der Waals surface area (Å²) in [5, 5.41) is 2.99. The van der Waals surface area contributed by atoms with Gasteiger partial charge in [0.2, 0.25) is 5.91 Å². The molecule has 0 fully saturated rings. The van der Waals surface area contributed by atoms with Crippen LogP contribution in [0.15, 0.2) is 78.9 Å². The summed E-state index contributed by atoms with van der Waals surface area (Å²) in [5.41, 5.74) is 4.36.